The molecule has 0 bridgehead atoms. The van der Waals surface area contributed by atoms with E-state index in [0.717, 1.165) is 25.7 Å². The zero-order valence-electron chi connectivity index (χ0n) is 15.3. The van der Waals surface area contributed by atoms with Crippen molar-refractivity contribution in [2.75, 3.05) is 13.2 Å². The van der Waals surface area contributed by atoms with Crippen molar-refractivity contribution in [3.05, 3.63) is 0 Å². The first-order chi connectivity index (χ1) is 11.2. The second-order valence-electron chi connectivity index (χ2n) is 6.57. The molecule has 1 unspecified atom stereocenters. The molecule has 0 fully saturated rings. The van der Waals surface area contributed by atoms with Crippen LogP contribution in [-0.4, -0.2) is 35.5 Å². The fourth-order valence-electron chi connectivity index (χ4n) is 2.72. The third-order valence-electron chi connectivity index (χ3n) is 4.27. The zero-order chi connectivity index (χ0) is 17.3. The van der Waals surface area contributed by atoms with E-state index in [4.69, 9.17) is 9.84 Å². The quantitative estimate of drug-likeness (QED) is 0.328. The number of aliphatic hydroxyl groups excluding tert-OH is 2. The van der Waals surface area contributed by atoms with E-state index in [-0.39, 0.29) is 25.1 Å². The lowest BCUT2D eigenvalue weighted by atomic mass is 9.94. The van der Waals surface area contributed by atoms with E-state index in [9.17, 15) is 9.90 Å². The van der Waals surface area contributed by atoms with Crippen molar-refractivity contribution in [3.8, 4) is 0 Å². The molecule has 4 heteroatoms. The van der Waals surface area contributed by atoms with E-state index in [1.54, 1.807) is 0 Å². The van der Waals surface area contributed by atoms with Crippen LogP contribution in [0.3, 0.4) is 0 Å². The lowest BCUT2D eigenvalue weighted by molar-refractivity contribution is -0.152. The molecule has 0 heterocycles. The van der Waals surface area contributed by atoms with Crippen LogP contribution in [0.4, 0.5) is 0 Å². The predicted octanol–water partition coefficient (Wildman–Crippen LogP) is 4.22. The standard InChI is InChI=1S/C19H38O4/c1-3-5-7-9-11-13-17(14-12-10-8-6-4-2)19(22)23-16-18(21)15-20/h17-18,20-21H,3-16H2,1-2H3. The van der Waals surface area contributed by atoms with Gasteiger partial charge in [0.1, 0.15) is 12.7 Å². The van der Waals surface area contributed by atoms with Gasteiger partial charge in [-0.1, -0.05) is 78.1 Å². The Balaban J connectivity index is 4.10. The van der Waals surface area contributed by atoms with Gasteiger partial charge in [0.25, 0.3) is 0 Å². The average Bonchev–Trinajstić information content (AvgIpc) is 2.57. The Kier molecular flexibility index (Phi) is 15.8. The normalized spacial score (nSPS) is 12.6. The SMILES string of the molecule is CCCCCCCC(CCCCCCC)C(=O)OCC(O)CO. The summed E-state index contributed by atoms with van der Waals surface area (Å²) in [7, 11) is 0. The smallest absolute Gasteiger partial charge is 0.309 e. The molecule has 0 aromatic rings. The third kappa shape index (κ3) is 13.5. The third-order valence-corrected chi connectivity index (χ3v) is 4.27. The van der Waals surface area contributed by atoms with Crippen molar-refractivity contribution in [2.24, 2.45) is 5.92 Å². The number of carbonyl (C=O) groups excluding carboxylic acids is 1. The first kappa shape index (κ1) is 22.4. The van der Waals surface area contributed by atoms with Gasteiger partial charge < -0.3 is 14.9 Å². The van der Waals surface area contributed by atoms with Crippen LogP contribution in [-0.2, 0) is 9.53 Å². The summed E-state index contributed by atoms with van der Waals surface area (Å²) in [5.74, 6) is -0.257. The number of unbranched alkanes of at least 4 members (excludes halogenated alkanes) is 8. The molecule has 0 amide bonds. The second-order valence-corrected chi connectivity index (χ2v) is 6.57. The summed E-state index contributed by atoms with van der Waals surface area (Å²) in [6.07, 6.45) is 12.7. The molecule has 4 nitrogen and oxygen atoms in total. The van der Waals surface area contributed by atoms with E-state index in [1.165, 1.54) is 51.4 Å². The first-order valence-corrected chi connectivity index (χ1v) is 9.61. The van der Waals surface area contributed by atoms with Gasteiger partial charge in [0.15, 0.2) is 0 Å². The average molecular weight is 331 g/mol. The highest BCUT2D eigenvalue weighted by Crippen LogP contribution is 2.20. The summed E-state index contributed by atoms with van der Waals surface area (Å²) in [6.45, 7) is 3.93. The molecule has 0 aliphatic rings. The summed E-state index contributed by atoms with van der Waals surface area (Å²) in [5, 5.41) is 18.1. The summed E-state index contributed by atoms with van der Waals surface area (Å²) in [4.78, 5) is 12.2. The second kappa shape index (κ2) is 16.3. The maximum absolute atomic E-state index is 12.2. The maximum atomic E-state index is 12.2. The largest absolute Gasteiger partial charge is 0.463 e. The van der Waals surface area contributed by atoms with Crippen LogP contribution >= 0.6 is 0 Å². The highest BCUT2D eigenvalue weighted by molar-refractivity contribution is 5.72. The summed E-state index contributed by atoms with van der Waals surface area (Å²) in [6, 6.07) is 0. The minimum Gasteiger partial charge on any atom is -0.463 e. The van der Waals surface area contributed by atoms with E-state index >= 15 is 0 Å². The molecule has 0 aliphatic carbocycles. The van der Waals surface area contributed by atoms with Crippen LogP contribution in [0.1, 0.15) is 90.9 Å². The van der Waals surface area contributed by atoms with Gasteiger partial charge >= 0.3 is 5.97 Å². The molecule has 0 aromatic heterocycles. The lowest BCUT2D eigenvalue weighted by Gasteiger charge is -2.17. The molecule has 1 atom stereocenters. The fourth-order valence-corrected chi connectivity index (χ4v) is 2.72. The summed E-state index contributed by atoms with van der Waals surface area (Å²) < 4.78 is 5.16. The van der Waals surface area contributed by atoms with E-state index < -0.39 is 6.10 Å². The van der Waals surface area contributed by atoms with Gasteiger partial charge in [0.2, 0.25) is 0 Å². The zero-order valence-corrected chi connectivity index (χ0v) is 15.3. The number of ether oxygens (including phenoxy) is 1. The van der Waals surface area contributed by atoms with Crippen molar-refractivity contribution < 1.29 is 19.7 Å². The van der Waals surface area contributed by atoms with E-state index in [0.29, 0.717) is 0 Å². The minimum atomic E-state index is -0.964. The van der Waals surface area contributed by atoms with Gasteiger partial charge in [0, 0.05) is 0 Å². The highest BCUT2D eigenvalue weighted by Gasteiger charge is 2.20. The Morgan fingerprint density at radius 3 is 1.78 bits per heavy atom. The Morgan fingerprint density at radius 2 is 1.35 bits per heavy atom. The minimum absolute atomic E-state index is 0.0517. The van der Waals surface area contributed by atoms with Crippen molar-refractivity contribution in [2.45, 2.75) is 97.0 Å². The number of esters is 1. The Hall–Kier alpha value is -0.610. The maximum Gasteiger partial charge on any atom is 0.309 e. The van der Waals surface area contributed by atoms with Crippen molar-refractivity contribution >= 4 is 5.97 Å². The highest BCUT2D eigenvalue weighted by atomic mass is 16.5. The van der Waals surface area contributed by atoms with Crippen LogP contribution in [0.2, 0.25) is 0 Å². The van der Waals surface area contributed by atoms with Crippen LogP contribution < -0.4 is 0 Å². The van der Waals surface area contributed by atoms with Gasteiger partial charge in [-0.05, 0) is 12.8 Å². The van der Waals surface area contributed by atoms with Crippen molar-refractivity contribution in [1.29, 1.82) is 0 Å². The molecule has 0 rings (SSSR count). The fraction of sp³-hybridized carbons (Fsp3) is 0.947. The van der Waals surface area contributed by atoms with Gasteiger partial charge in [-0.2, -0.15) is 0 Å². The van der Waals surface area contributed by atoms with Crippen LogP contribution in [0.15, 0.2) is 0 Å². The number of aliphatic hydroxyl groups is 2. The number of hydrogen-bond acceptors (Lipinski definition) is 4. The van der Waals surface area contributed by atoms with Crippen LogP contribution in [0.25, 0.3) is 0 Å². The molecule has 0 saturated carbocycles. The molecule has 0 spiro atoms. The number of carbonyl (C=O) groups is 1. The molecule has 0 saturated heterocycles. The summed E-state index contributed by atoms with van der Waals surface area (Å²) in [5.41, 5.74) is 0. The van der Waals surface area contributed by atoms with Crippen molar-refractivity contribution in [3.63, 3.8) is 0 Å². The van der Waals surface area contributed by atoms with E-state index in [1.807, 2.05) is 0 Å². The Labute approximate surface area is 142 Å². The molecule has 0 radical (unpaired) electrons. The molecule has 2 N–H and O–H groups in total. The van der Waals surface area contributed by atoms with Gasteiger partial charge in [-0.3, -0.25) is 4.79 Å². The molecular weight excluding hydrogens is 292 g/mol. The van der Waals surface area contributed by atoms with Gasteiger partial charge in [0.05, 0.1) is 12.5 Å². The Bertz CT molecular complexity index is 254. The lowest BCUT2D eigenvalue weighted by Crippen LogP contribution is -2.25. The van der Waals surface area contributed by atoms with Crippen LogP contribution in [0, 0.1) is 5.92 Å². The summed E-state index contributed by atoms with van der Waals surface area (Å²) >= 11 is 0. The Morgan fingerprint density at radius 1 is 0.870 bits per heavy atom. The number of rotatable bonds is 16. The first-order valence-electron chi connectivity index (χ1n) is 9.61. The van der Waals surface area contributed by atoms with Gasteiger partial charge in [-0.25, -0.2) is 0 Å². The molecule has 138 valence electrons. The molecule has 0 aromatic carbocycles. The molecule has 23 heavy (non-hydrogen) atoms. The predicted molar refractivity (Wildman–Crippen MR) is 94.3 cm³/mol. The molecular formula is C19H38O4. The van der Waals surface area contributed by atoms with Crippen LogP contribution in [0.5, 0.6) is 0 Å². The van der Waals surface area contributed by atoms with Crippen molar-refractivity contribution in [1.82, 2.24) is 0 Å². The number of hydrogen-bond donors (Lipinski definition) is 2. The van der Waals surface area contributed by atoms with E-state index in [2.05, 4.69) is 13.8 Å². The van der Waals surface area contributed by atoms with Gasteiger partial charge in [-0.15, -0.1) is 0 Å². The topological polar surface area (TPSA) is 66.8 Å². The molecule has 0 aliphatic heterocycles. The monoisotopic (exact) mass is 330 g/mol.